The lowest BCUT2D eigenvalue weighted by atomic mass is 10.1. The van der Waals surface area contributed by atoms with E-state index in [1.165, 1.54) is 18.2 Å². The van der Waals surface area contributed by atoms with E-state index in [-0.39, 0.29) is 11.6 Å². The molecule has 0 aliphatic carbocycles. The Balaban J connectivity index is 2.07. The second-order valence-electron chi connectivity index (χ2n) is 5.83. The number of nitro groups is 1. The molecule has 0 heterocycles. The fourth-order valence-corrected chi connectivity index (χ4v) is 2.39. The minimum atomic E-state index is -0.694. The zero-order chi connectivity index (χ0) is 17.9. The molecule has 2 rings (SSSR count). The van der Waals surface area contributed by atoms with E-state index < -0.39 is 11.0 Å². The van der Waals surface area contributed by atoms with Gasteiger partial charge < -0.3 is 10.1 Å². The number of hydrogen-bond donors (Lipinski definition) is 1. The second kappa shape index (κ2) is 7.12. The van der Waals surface area contributed by atoms with Crippen LogP contribution >= 0.6 is 0 Å². The van der Waals surface area contributed by atoms with E-state index in [4.69, 9.17) is 4.74 Å². The summed E-state index contributed by atoms with van der Waals surface area (Å²) >= 11 is 0. The first kappa shape index (κ1) is 17.5. The van der Waals surface area contributed by atoms with Gasteiger partial charge in [-0.2, -0.15) is 0 Å². The van der Waals surface area contributed by atoms with Gasteiger partial charge in [-0.05, 0) is 62.6 Å². The normalized spacial score (nSPS) is 11.7. The topological polar surface area (TPSA) is 81.5 Å². The van der Waals surface area contributed by atoms with Gasteiger partial charge in [0.2, 0.25) is 0 Å². The zero-order valence-electron chi connectivity index (χ0n) is 14.1. The molecule has 1 unspecified atom stereocenters. The molecule has 0 bridgehead atoms. The van der Waals surface area contributed by atoms with Crippen LogP contribution in [-0.2, 0) is 4.79 Å². The first-order valence-electron chi connectivity index (χ1n) is 7.57. The molecular formula is C18H20N2O4. The monoisotopic (exact) mass is 328 g/mol. The Labute approximate surface area is 140 Å². The molecule has 1 amide bonds. The van der Waals surface area contributed by atoms with Crippen molar-refractivity contribution in [1.29, 1.82) is 0 Å². The molecular weight excluding hydrogens is 308 g/mol. The fourth-order valence-electron chi connectivity index (χ4n) is 2.39. The molecule has 2 aromatic carbocycles. The summed E-state index contributed by atoms with van der Waals surface area (Å²) in [7, 11) is 0. The predicted octanol–water partition coefficient (Wildman–Crippen LogP) is 3.93. The van der Waals surface area contributed by atoms with Crippen LogP contribution in [0.1, 0.15) is 23.6 Å². The highest BCUT2D eigenvalue weighted by molar-refractivity contribution is 5.94. The number of ether oxygens (including phenoxy) is 1. The van der Waals surface area contributed by atoms with Crippen LogP contribution in [0.4, 0.5) is 11.4 Å². The Hall–Kier alpha value is -2.89. The molecule has 0 aliphatic heterocycles. The van der Waals surface area contributed by atoms with Crippen molar-refractivity contribution < 1.29 is 14.5 Å². The molecule has 126 valence electrons. The summed E-state index contributed by atoms with van der Waals surface area (Å²) < 4.78 is 5.69. The van der Waals surface area contributed by atoms with Crippen molar-refractivity contribution in [2.45, 2.75) is 33.8 Å². The Morgan fingerprint density at radius 1 is 1.12 bits per heavy atom. The van der Waals surface area contributed by atoms with E-state index >= 15 is 0 Å². The van der Waals surface area contributed by atoms with Gasteiger partial charge in [-0.15, -0.1) is 0 Å². The minimum Gasteiger partial charge on any atom is -0.481 e. The van der Waals surface area contributed by atoms with Crippen LogP contribution < -0.4 is 10.1 Å². The van der Waals surface area contributed by atoms with Crippen LogP contribution in [-0.4, -0.2) is 16.9 Å². The van der Waals surface area contributed by atoms with Gasteiger partial charge in [-0.1, -0.05) is 6.07 Å². The third-order valence-electron chi connectivity index (χ3n) is 3.56. The number of nitrogens with one attached hydrogen (secondary N) is 1. The van der Waals surface area contributed by atoms with E-state index in [1.54, 1.807) is 13.8 Å². The first-order chi connectivity index (χ1) is 11.3. The molecule has 1 atom stereocenters. The Kier molecular flexibility index (Phi) is 5.18. The number of carbonyl (C=O) groups excluding carboxylic acids is 1. The van der Waals surface area contributed by atoms with E-state index in [1.807, 2.05) is 32.0 Å². The number of nitrogens with zero attached hydrogens (tertiary/aromatic N) is 1. The quantitative estimate of drug-likeness (QED) is 0.666. The zero-order valence-corrected chi connectivity index (χ0v) is 14.1. The Bertz CT molecular complexity index is 766. The summed E-state index contributed by atoms with van der Waals surface area (Å²) in [6.07, 6.45) is -0.694. The van der Waals surface area contributed by atoms with Gasteiger partial charge in [0.1, 0.15) is 5.75 Å². The van der Waals surface area contributed by atoms with Gasteiger partial charge in [0, 0.05) is 17.8 Å². The van der Waals surface area contributed by atoms with E-state index in [2.05, 4.69) is 5.32 Å². The summed E-state index contributed by atoms with van der Waals surface area (Å²) in [5.41, 5.74) is 3.26. The van der Waals surface area contributed by atoms with Crippen LogP contribution in [0.15, 0.2) is 36.4 Å². The molecule has 0 radical (unpaired) electrons. The summed E-state index contributed by atoms with van der Waals surface area (Å²) in [5, 5.41) is 13.5. The number of anilines is 1. The number of carbonyl (C=O) groups is 1. The molecule has 24 heavy (non-hydrogen) atoms. The van der Waals surface area contributed by atoms with Crippen molar-refractivity contribution in [2.24, 2.45) is 0 Å². The molecule has 0 aromatic heterocycles. The lowest BCUT2D eigenvalue weighted by molar-refractivity contribution is -0.384. The van der Waals surface area contributed by atoms with Gasteiger partial charge in [0.25, 0.3) is 11.6 Å². The second-order valence-corrected chi connectivity index (χ2v) is 5.83. The molecule has 0 saturated carbocycles. The predicted molar refractivity (Wildman–Crippen MR) is 92.5 cm³/mol. The van der Waals surface area contributed by atoms with Crippen molar-refractivity contribution in [3.63, 3.8) is 0 Å². The number of non-ortho nitro benzene ring substituents is 1. The minimum absolute atomic E-state index is 0.00923. The Morgan fingerprint density at radius 2 is 1.75 bits per heavy atom. The van der Waals surface area contributed by atoms with Crippen molar-refractivity contribution in [2.75, 3.05) is 5.32 Å². The van der Waals surface area contributed by atoms with Gasteiger partial charge in [-0.3, -0.25) is 14.9 Å². The highest BCUT2D eigenvalue weighted by atomic mass is 16.6. The van der Waals surface area contributed by atoms with Gasteiger partial charge in [0.15, 0.2) is 6.10 Å². The average Bonchev–Trinajstić information content (AvgIpc) is 2.47. The maximum atomic E-state index is 12.3. The third kappa shape index (κ3) is 4.32. The lowest BCUT2D eigenvalue weighted by Gasteiger charge is -2.16. The molecule has 1 N–H and O–H groups in total. The molecule has 0 fully saturated rings. The SMILES string of the molecule is Cc1cc(C)cc(OC(C)C(=O)Nc2ccc([N+](=O)[O-])cc2C)c1. The van der Waals surface area contributed by atoms with Gasteiger partial charge >= 0.3 is 0 Å². The maximum absolute atomic E-state index is 12.3. The first-order valence-corrected chi connectivity index (χ1v) is 7.57. The summed E-state index contributed by atoms with van der Waals surface area (Å²) in [6.45, 7) is 7.29. The summed E-state index contributed by atoms with van der Waals surface area (Å²) in [5.74, 6) is 0.321. The molecule has 0 saturated heterocycles. The van der Waals surface area contributed by atoms with Crippen molar-refractivity contribution in [3.05, 3.63) is 63.2 Å². The number of amides is 1. The Morgan fingerprint density at radius 3 is 2.29 bits per heavy atom. The van der Waals surface area contributed by atoms with Crippen LogP contribution in [0.2, 0.25) is 0 Å². The molecule has 6 heteroatoms. The summed E-state index contributed by atoms with van der Waals surface area (Å²) in [4.78, 5) is 22.6. The summed E-state index contributed by atoms with van der Waals surface area (Å²) in [6, 6.07) is 10.1. The van der Waals surface area contributed by atoms with Gasteiger partial charge in [-0.25, -0.2) is 0 Å². The fraction of sp³-hybridized carbons (Fsp3) is 0.278. The highest BCUT2D eigenvalue weighted by Crippen LogP contribution is 2.22. The van der Waals surface area contributed by atoms with Crippen LogP contribution in [0.5, 0.6) is 5.75 Å². The van der Waals surface area contributed by atoms with Gasteiger partial charge in [0.05, 0.1) is 4.92 Å². The van der Waals surface area contributed by atoms with Crippen molar-refractivity contribution >= 4 is 17.3 Å². The lowest BCUT2D eigenvalue weighted by Crippen LogP contribution is -2.30. The van der Waals surface area contributed by atoms with E-state index in [0.717, 1.165) is 11.1 Å². The number of hydrogen-bond acceptors (Lipinski definition) is 4. The molecule has 0 aliphatic rings. The van der Waals surface area contributed by atoms with Crippen molar-refractivity contribution in [1.82, 2.24) is 0 Å². The highest BCUT2D eigenvalue weighted by Gasteiger charge is 2.17. The average molecular weight is 328 g/mol. The number of benzene rings is 2. The molecule has 6 nitrogen and oxygen atoms in total. The number of aryl methyl sites for hydroxylation is 3. The standard InChI is InChI=1S/C18H20N2O4/c1-11-7-12(2)9-16(8-11)24-14(4)18(21)19-17-6-5-15(20(22)23)10-13(17)3/h5-10,14H,1-4H3,(H,19,21). The largest absolute Gasteiger partial charge is 0.481 e. The van der Waals surface area contributed by atoms with E-state index in [0.29, 0.717) is 17.0 Å². The van der Waals surface area contributed by atoms with Crippen LogP contribution in [0, 0.1) is 30.9 Å². The van der Waals surface area contributed by atoms with E-state index in [9.17, 15) is 14.9 Å². The van der Waals surface area contributed by atoms with Crippen LogP contribution in [0.25, 0.3) is 0 Å². The molecule has 2 aromatic rings. The van der Waals surface area contributed by atoms with Crippen molar-refractivity contribution in [3.8, 4) is 5.75 Å². The molecule has 0 spiro atoms. The van der Waals surface area contributed by atoms with Crippen LogP contribution in [0.3, 0.4) is 0 Å². The number of rotatable bonds is 5. The smallest absolute Gasteiger partial charge is 0.269 e. The third-order valence-corrected chi connectivity index (χ3v) is 3.56. The maximum Gasteiger partial charge on any atom is 0.269 e. The number of nitro benzene ring substituents is 1.